The normalized spacial score (nSPS) is 11.8. The summed E-state index contributed by atoms with van der Waals surface area (Å²) in [6.07, 6.45) is 0.406. The molecule has 0 aromatic heterocycles. The molecule has 0 spiro atoms. The molecule has 1 atom stereocenters. The lowest BCUT2D eigenvalue weighted by Gasteiger charge is -2.10. The Kier molecular flexibility index (Phi) is 6.02. The topological polar surface area (TPSA) is 62.1 Å². The minimum absolute atomic E-state index is 0.268. The molecule has 4 nitrogen and oxygen atoms in total. The third kappa shape index (κ3) is 4.69. The number of ether oxygens (including phenoxy) is 1. The highest BCUT2D eigenvalue weighted by Crippen LogP contribution is 1.87. The average molecular weight is 170 g/mol. The second-order valence-electron chi connectivity index (χ2n) is 2.34. The predicted molar refractivity (Wildman–Crippen MR) is 44.3 cm³/mol. The van der Waals surface area contributed by atoms with Gasteiger partial charge in [0.05, 0.1) is 12.7 Å². The summed E-state index contributed by atoms with van der Waals surface area (Å²) in [7, 11) is 0. The zero-order valence-corrected chi connectivity index (χ0v) is 7.46. The highest BCUT2D eigenvalue weighted by atomic mass is 16.5. The van der Waals surface area contributed by atoms with Gasteiger partial charge in [-0.3, -0.25) is 4.79 Å². The highest BCUT2D eigenvalue weighted by molar-refractivity contribution is 5.75. The molecule has 0 bridgehead atoms. The maximum atomic E-state index is 11.0. The minimum atomic E-state index is -0.321. The molecule has 0 amide bonds. The first-order valence-corrected chi connectivity index (χ1v) is 3.99. The molecular formula is C8H14N2O2. The van der Waals surface area contributed by atoms with E-state index in [1.54, 1.807) is 13.8 Å². The van der Waals surface area contributed by atoms with Crippen LogP contribution >= 0.6 is 0 Å². The van der Waals surface area contributed by atoms with Gasteiger partial charge in [-0.2, -0.15) is 5.26 Å². The van der Waals surface area contributed by atoms with Crippen molar-refractivity contribution in [2.75, 3.05) is 13.2 Å². The fourth-order valence-electron chi connectivity index (χ4n) is 0.695. The molecule has 0 radical (unpaired) electrons. The summed E-state index contributed by atoms with van der Waals surface area (Å²) in [4.78, 5) is 11.0. The molecule has 0 aromatic rings. The summed E-state index contributed by atoms with van der Waals surface area (Å²) in [6, 6.07) is 1.66. The first-order chi connectivity index (χ1) is 5.72. The number of hydrogen-bond acceptors (Lipinski definition) is 4. The first-order valence-electron chi connectivity index (χ1n) is 3.99. The van der Waals surface area contributed by atoms with Gasteiger partial charge in [-0.1, -0.05) is 0 Å². The lowest BCUT2D eigenvalue weighted by Crippen LogP contribution is -2.35. The Labute approximate surface area is 72.5 Å². The van der Waals surface area contributed by atoms with Gasteiger partial charge in [-0.25, -0.2) is 0 Å². The van der Waals surface area contributed by atoms with Gasteiger partial charge in [0.1, 0.15) is 6.04 Å². The van der Waals surface area contributed by atoms with Gasteiger partial charge in [0.25, 0.3) is 0 Å². The van der Waals surface area contributed by atoms with Crippen molar-refractivity contribution in [2.45, 2.75) is 26.3 Å². The van der Waals surface area contributed by atoms with Crippen molar-refractivity contribution in [3.63, 3.8) is 0 Å². The van der Waals surface area contributed by atoms with E-state index in [2.05, 4.69) is 5.32 Å². The van der Waals surface area contributed by atoms with Crippen molar-refractivity contribution >= 4 is 5.97 Å². The molecule has 0 saturated carbocycles. The number of nitrogens with one attached hydrogen (secondary N) is 1. The second kappa shape index (κ2) is 6.62. The van der Waals surface area contributed by atoms with Crippen LogP contribution in [0.3, 0.4) is 0 Å². The van der Waals surface area contributed by atoms with Gasteiger partial charge >= 0.3 is 5.97 Å². The van der Waals surface area contributed by atoms with Crippen molar-refractivity contribution < 1.29 is 9.53 Å². The minimum Gasteiger partial charge on any atom is -0.465 e. The van der Waals surface area contributed by atoms with Crippen LogP contribution in [0.5, 0.6) is 0 Å². The Balaban J connectivity index is 3.51. The second-order valence-corrected chi connectivity index (χ2v) is 2.34. The van der Waals surface area contributed by atoms with Crippen molar-refractivity contribution in [3.05, 3.63) is 0 Å². The summed E-state index contributed by atoms with van der Waals surface area (Å²) in [6.45, 7) is 4.40. The molecule has 0 fully saturated rings. The van der Waals surface area contributed by atoms with Crippen LogP contribution in [0.15, 0.2) is 0 Å². The van der Waals surface area contributed by atoms with Crippen LogP contribution in [0.2, 0.25) is 0 Å². The molecule has 0 aliphatic carbocycles. The Hall–Kier alpha value is -1.08. The molecule has 1 N–H and O–H groups in total. The third-order valence-corrected chi connectivity index (χ3v) is 1.33. The van der Waals surface area contributed by atoms with Gasteiger partial charge in [0.15, 0.2) is 0 Å². The number of hydrogen-bond donors (Lipinski definition) is 1. The van der Waals surface area contributed by atoms with E-state index in [4.69, 9.17) is 10.00 Å². The van der Waals surface area contributed by atoms with Crippen LogP contribution in [0.4, 0.5) is 0 Å². The van der Waals surface area contributed by atoms with E-state index in [-0.39, 0.29) is 12.0 Å². The van der Waals surface area contributed by atoms with Crippen LogP contribution in [0, 0.1) is 11.3 Å². The van der Waals surface area contributed by atoms with Crippen LogP contribution in [-0.4, -0.2) is 25.2 Å². The Bertz CT molecular complexity index is 174. The van der Waals surface area contributed by atoms with Crippen LogP contribution in [0.1, 0.15) is 20.3 Å². The van der Waals surface area contributed by atoms with Crippen molar-refractivity contribution in [1.29, 1.82) is 5.26 Å². The summed E-state index contributed by atoms with van der Waals surface area (Å²) in [5.74, 6) is -0.268. The number of carbonyl (C=O) groups is 1. The molecule has 0 rings (SSSR count). The maximum Gasteiger partial charge on any atom is 0.322 e. The number of rotatable bonds is 5. The lowest BCUT2D eigenvalue weighted by molar-refractivity contribution is -0.145. The smallest absolute Gasteiger partial charge is 0.322 e. The maximum absolute atomic E-state index is 11.0. The van der Waals surface area contributed by atoms with Gasteiger partial charge in [0, 0.05) is 13.0 Å². The molecule has 4 heteroatoms. The lowest BCUT2D eigenvalue weighted by atomic mass is 10.3. The van der Waals surface area contributed by atoms with E-state index >= 15 is 0 Å². The average Bonchev–Trinajstić information content (AvgIpc) is 2.05. The van der Waals surface area contributed by atoms with E-state index in [1.807, 2.05) is 6.07 Å². The highest BCUT2D eigenvalue weighted by Gasteiger charge is 2.11. The fraction of sp³-hybridized carbons (Fsp3) is 0.750. The molecule has 0 aromatic carbocycles. The van der Waals surface area contributed by atoms with E-state index in [1.165, 1.54) is 0 Å². The SMILES string of the molecule is CCOC(=O)C(C)NCCC#N. The number of nitrogens with zero attached hydrogens (tertiary/aromatic N) is 1. The molecule has 0 aliphatic rings. The van der Waals surface area contributed by atoms with Crippen LogP contribution in [0.25, 0.3) is 0 Å². The Morgan fingerprint density at radius 3 is 2.92 bits per heavy atom. The third-order valence-electron chi connectivity index (χ3n) is 1.33. The quantitative estimate of drug-likeness (QED) is 0.480. The zero-order chi connectivity index (χ0) is 9.40. The van der Waals surface area contributed by atoms with Crippen LogP contribution in [-0.2, 0) is 9.53 Å². The van der Waals surface area contributed by atoms with E-state index in [0.717, 1.165) is 0 Å². The van der Waals surface area contributed by atoms with E-state index < -0.39 is 0 Å². The summed E-state index contributed by atoms with van der Waals surface area (Å²) in [5.41, 5.74) is 0. The number of nitriles is 1. The van der Waals surface area contributed by atoms with Crippen molar-refractivity contribution in [3.8, 4) is 6.07 Å². The number of carbonyl (C=O) groups excluding carboxylic acids is 1. The summed E-state index contributed by atoms with van der Waals surface area (Å²) >= 11 is 0. The van der Waals surface area contributed by atoms with E-state index in [0.29, 0.717) is 19.6 Å². The van der Waals surface area contributed by atoms with Crippen molar-refractivity contribution in [1.82, 2.24) is 5.32 Å². The summed E-state index contributed by atoms with van der Waals surface area (Å²) < 4.78 is 4.75. The molecule has 1 unspecified atom stereocenters. The van der Waals surface area contributed by atoms with Gasteiger partial charge in [0.2, 0.25) is 0 Å². The molecular weight excluding hydrogens is 156 g/mol. The van der Waals surface area contributed by atoms with E-state index in [9.17, 15) is 4.79 Å². The number of esters is 1. The van der Waals surface area contributed by atoms with Crippen molar-refractivity contribution in [2.24, 2.45) is 0 Å². The Morgan fingerprint density at radius 2 is 2.42 bits per heavy atom. The monoisotopic (exact) mass is 170 g/mol. The van der Waals surface area contributed by atoms with Gasteiger partial charge in [-0.05, 0) is 13.8 Å². The van der Waals surface area contributed by atoms with Crippen LogP contribution < -0.4 is 5.32 Å². The van der Waals surface area contributed by atoms with Gasteiger partial charge < -0.3 is 10.1 Å². The standard InChI is InChI=1S/C8H14N2O2/c1-3-12-8(11)7(2)10-6-4-5-9/h7,10H,3-4,6H2,1-2H3. The fourth-order valence-corrected chi connectivity index (χ4v) is 0.695. The molecule has 0 saturated heterocycles. The molecule has 0 aliphatic heterocycles. The first kappa shape index (κ1) is 10.9. The predicted octanol–water partition coefficient (Wildman–Crippen LogP) is 0.441. The van der Waals surface area contributed by atoms with Gasteiger partial charge in [-0.15, -0.1) is 0 Å². The Morgan fingerprint density at radius 1 is 1.75 bits per heavy atom. The largest absolute Gasteiger partial charge is 0.465 e. The molecule has 12 heavy (non-hydrogen) atoms. The zero-order valence-electron chi connectivity index (χ0n) is 7.46. The summed E-state index contributed by atoms with van der Waals surface area (Å²) in [5, 5.41) is 11.1. The molecule has 68 valence electrons. The molecule has 0 heterocycles.